The summed E-state index contributed by atoms with van der Waals surface area (Å²) in [5.41, 5.74) is 8.75. The molecule has 0 aliphatic heterocycles. The number of benzene rings is 2. The molecule has 0 atom stereocenters. The van der Waals surface area contributed by atoms with Crippen LogP contribution in [0.5, 0.6) is 0 Å². The Morgan fingerprint density at radius 3 is 2.50 bits per heavy atom. The Bertz CT molecular complexity index is 579. The van der Waals surface area contributed by atoms with Crippen molar-refractivity contribution in [2.45, 2.75) is 6.92 Å². The highest BCUT2D eigenvalue weighted by Crippen LogP contribution is 2.21. The first-order valence-electron chi connectivity index (χ1n) is 5.50. The van der Waals surface area contributed by atoms with Crippen LogP contribution in [0.1, 0.15) is 15.9 Å². The minimum Gasteiger partial charge on any atom is -0.398 e. The van der Waals surface area contributed by atoms with E-state index in [0.717, 1.165) is 14.8 Å². The second-order valence-electron chi connectivity index (χ2n) is 3.98. The molecular formula is C14H13IN2O. The van der Waals surface area contributed by atoms with E-state index < -0.39 is 0 Å². The third-order valence-corrected chi connectivity index (χ3v) is 3.45. The van der Waals surface area contributed by atoms with Gasteiger partial charge in [-0.1, -0.05) is 6.07 Å². The molecule has 0 bridgehead atoms. The maximum Gasteiger partial charge on any atom is 0.255 e. The van der Waals surface area contributed by atoms with Gasteiger partial charge in [-0.05, 0) is 71.5 Å². The highest BCUT2D eigenvalue weighted by atomic mass is 127. The number of nitrogens with two attached hydrogens (primary N) is 1. The van der Waals surface area contributed by atoms with Gasteiger partial charge in [-0.15, -0.1) is 0 Å². The van der Waals surface area contributed by atoms with Gasteiger partial charge >= 0.3 is 0 Å². The third-order valence-electron chi connectivity index (χ3n) is 2.73. The SMILES string of the molecule is Cc1c(N)cccc1NC(=O)c1ccc(I)cc1. The van der Waals surface area contributed by atoms with Gasteiger partial charge in [0.1, 0.15) is 0 Å². The van der Waals surface area contributed by atoms with E-state index >= 15 is 0 Å². The number of nitrogen functional groups attached to an aromatic ring is 1. The van der Waals surface area contributed by atoms with Crippen molar-refractivity contribution in [2.24, 2.45) is 0 Å². The Balaban J connectivity index is 2.21. The summed E-state index contributed by atoms with van der Waals surface area (Å²) < 4.78 is 1.10. The zero-order valence-electron chi connectivity index (χ0n) is 9.91. The summed E-state index contributed by atoms with van der Waals surface area (Å²) in [6, 6.07) is 12.9. The Hall–Kier alpha value is -1.56. The van der Waals surface area contributed by atoms with Crippen LogP contribution in [-0.4, -0.2) is 5.91 Å². The molecule has 0 aliphatic rings. The molecule has 3 nitrogen and oxygen atoms in total. The molecule has 0 saturated carbocycles. The Morgan fingerprint density at radius 1 is 1.17 bits per heavy atom. The van der Waals surface area contributed by atoms with Crippen molar-refractivity contribution in [1.29, 1.82) is 0 Å². The number of hydrogen-bond donors (Lipinski definition) is 2. The fraction of sp³-hybridized carbons (Fsp3) is 0.0714. The van der Waals surface area contributed by atoms with Crippen LogP contribution in [-0.2, 0) is 0 Å². The molecule has 4 heteroatoms. The lowest BCUT2D eigenvalue weighted by Gasteiger charge is -2.10. The zero-order chi connectivity index (χ0) is 13.1. The smallest absolute Gasteiger partial charge is 0.255 e. The van der Waals surface area contributed by atoms with E-state index in [1.54, 1.807) is 12.1 Å². The normalized spacial score (nSPS) is 10.1. The van der Waals surface area contributed by atoms with Crippen molar-refractivity contribution < 1.29 is 4.79 Å². The molecule has 0 saturated heterocycles. The minimum atomic E-state index is -0.125. The van der Waals surface area contributed by atoms with Gasteiger partial charge in [-0.2, -0.15) is 0 Å². The lowest BCUT2D eigenvalue weighted by atomic mass is 10.1. The molecule has 18 heavy (non-hydrogen) atoms. The maximum atomic E-state index is 12.0. The number of halogens is 1. The largest absolute Gasteiger partial charge is 0.398 e. The van der Waals surface area contributed by atoms with Crippen LogP contribution in [0.25, 0.3) is 0 Å². The molecule has 3 N–H and O–H groups in total. The average molecular weight is 352 g/mol. The molecule has 0 aromatic heterocycles. The number of carbonyl (C=O) groups is 1. The van der Waals surface area contributed by atoms with E-state index in [-0.39, 0.29) is 5.91 Å². The van der Waals surface area contributed by atoms with Crippen molar-refractivity contribution in [3.8, 4) is 0 Å². The van der Waals surface area contributed by atoms with E-state index in [9.17, 15) is 4.79 Å². The molecular weight excluding hydrogens is 339 g/mol. The molecule has 0 unspecified atom stereocenters. The molecule has 0 radical (unpaired) electrons. The fourth-order valence-electron chi connectivity index (χ4n) is 1.58. The van der Waals surface area contributed by atoms with Gasteiger partial charge in [0, 0.05) is 20.5 Å². The van der Waals surface area contributed by atoms with Gasteiger partial charge in [0.05, 0.1) is 0 Å². The molecule has 92 valence electrons. The van der Waals surface area contributed by atoms with E-state index in [1.807, 2.05) is 37.3 Å². The van der Waals surface area contributed by atoms with E-state index in [4.69, 9.17) is 5.73 Å². The van der Waals surface area contributed by atoms with Gasteiger partial charge < -0.3 is 11.1 Å². The van der Waals surface area contributed by atoms with Crippen LogP contribution in [0, 0.1) is 10.5 Å². The summed E-state index contributed by atoms with van der Waals surface area (Å²) in [6.45, 7) is 1.89. The summed E-state index contributed by atoms with van der Waals surface area (Å²) >= 11 is 2.20. The monoisotopic (exact) mass is 352 g/mol. The van der Waals surface area contributed by atoms with Gasteiger partial charge in [-0.25, -0.2) is 0 Å². The quantitative estimate of drug-likeness (QED) is 0.643. The lowest BCUT2D eigenvalue weighted by molar-refractivity contribution is 0.102. The molecule has 2 aromatic rings. The van der Waals surface area contributed by atoms with Gasteiger partial charge in [0.2, 0.25) is 0 Å². The number of rotatable bonds is 2. The van der Waals surface area contributed by atoms with Crippen molar-refractivity contribution >= 4 is 39.9 Å². The first-order valence-corrected chi connectivity index (χ1v) is 6.58. The number of carbonyl (C=O) groups excluding carboxylic acids is 1. The van der Waals surface area contributed by atoms with Crippen LogP contribution >= 0.6 is 22.6 Å². The number of nitrogens with one attached hydrogen (secondary N) is 1. The predicted molar refractivity (Wildman–Crippen MR) is 82.7 cm³/mol. The molecule has 0 aliphatic carbocycles. The maximum absolute atomic E-state index is 12.0. The average Bonchev–Trinajstić information content (AvgIpc) is 2.36. The second-order valence-corrected chi connectivity index (χ2v) is 5.23. The van der Waals surface area contributed by atoms with Crippen molar-refractivity contribution in [1.82, 2.24) is 0 Å². The first-order chi connectivity index (χ1) is 8.58. The molecule has 0 fully saturated rings. The molecule has 0 heterocycles. The van der Waals surface area contributed by atoms with Crippen molar-refractivity contribution in [3.63, 3.8) is 0 Å². The third kappa shape index (κ3) is 2.81. The highest BCUT2D eigenvalue weighted by Gasteiger charge is 2.08. The number of hydrogen-bond acceptors (Lipinski definition) is 2. The molecule has 0 spiro atoms. The highest BCUT2D eigenvalue weighted by molar-refractivity contribution is 14.1. The van der Waals surface area contributed by atoms with Crippen molar-refractivity contribution in [3.05, 3.63) is 57.2 Å². The van der Waals surface area contributed by atoms with Gasteiger partial charge in [-0.3, -0.25) is 4.79 Å². The number of anilines is 2. The van der Waals surface area contributed by atoms with Gasteiger partial charge in [0.15, 0.2) is 0 Å². The summed E-state index contributed by atoms with van der Waals surface area (Å²) in [5.74, 6) is -0.125. The van der Waals surface area contributed by atoms with E-state index in [2.05, 4.69) is 27.9 Å². The lowest BCUT2D eigenvalue weighted by Crippen LogP contribution is -2.13. The van der Waals surface area contributed by atoms with Crippen LogP contribution in [0.2, 0.25) is 0 Å². The predicted octanol–water partition coefficient (Wildman–Crippen LogP) is 3.43. The van der Waals surface area contributed by atoms with E-state index in [1.165, 1.54) is 0 Å². The second kappa shape index (κ2) is 5.39. The van der Waals surface area contributed by atoms with Crippen LogP contribution in [0.15, 0.2) is 42.5 Å². The summed E-state index contributed by atoms with van der Waals surface area (Å²) in [7, 11) is 0. The van der Waals surface area contributed by atoms with Crippen LogP contribution in [0.3, 0.4) is 0 Å². The summed E-state index contributed by atoms with van der Waals surface area (Å²) in [6.07, 6.45) is 0. The van der Waals surface area contributed by atoms with Crippen LogP contribution < -0.4 is 11.1 Å². The Kier molecular flexibility index (Phi) is 3.86. The molecule has 2 aromatic carbocycles. The number of amides is 1. The van der Waals surface area contributed by atoms with Gasteiger partial charge in [0.25, 0.3) is 5.91 Å². The van der Waals surface area contributed by atoms with Crippen LogP contribution in [0.4, 0.5) is 11.4 Å². The first kappa shape index (κ1) is 12.9. The standard InChI is InChI=1S/C14H13IN2O/c1-9-12(16)3-2-4-13(9)17-14(18)10-5-7-11(15)8-6-10/h2-8H,16H2,1H3,(H,17,18). The summed E-state index contributed by atoms with van der Waals surface area (Å²) in [4.78, 5) is 12.0. The minimum absolute atomic E-state index is 0.125. The Morgan fingerprint density at radius 2 is 1.83 bits per heavy atom. The van der Waals surface area contributed by atoms with E-state index in [0.29, 0.717) is 11.3 Å². The summed E-state index contributed by atoms with van der Waals surface area (Å²) in [5, 5.41) is 2.87. The zero-order valence-corrected chi connectivity index (χ0v) is 12.1. The topological polar surface area (TPSA) is 55.1 Å². The van der Waals surface area contributed by atoms with Crippen molar-refractivity contribution in [2.75, 3.05) is 11.1 Å². The molecule has 1 amide bonds. The molecule has 2 rings (SSSR count). The Labute approximate surface area is 120 Å². The fourth-order valence-corrected chi connectivity index (χ4v) is 1.94.